The van der Waals surface area contributed by atoms with E-state index in [2.05, 4.69) is 5.32 Å². The standard InChI is InChI=1S/C11H14ClNO2S/c1-7(2)15-11(16)13-9-6-8(12)4-5-10(9)14-3/h4-7H,1-3H3,(H,13,16). The van der Waals surface area contributed by atoms with Gasteiger partial charge in [-0.1, -0.05) is 11.6 Å². The highest BCUT2D eigenvalue weighted by Gasteiger charge is 2.07. The Morgan fingerprint density at radius 1 is 1.44 bits per heavy atom. The number of rotatable bonds is 3. The van der Waals surface area contributed by atoms with Crippen LogP contribution in [0.25, 0.3) is 0 Å². The number of anilines is 1. The van der Waals surface area contributed by atoms with Crippen molar-refractivity contribution in [1.82, 2.24) is 0 Å². The van der Waals surface area contributed by atoms with E-state index in [0.29, 0.717) is 21.6 Å². The molecule has 0 radical (unpaired) electrons. The summed E-state index contributed by atoms with van der Waals surface area (Å²) in [4.78, 5) is 0. The molecule has 0 aromatic heterocycles. The lowest BCUT2D eigenvalue weighted by molar-refractivity contribution is 0.234. The third-order valence-corrected chi connectivity index (χ3v) is 2.17. The highest BCUT2D eigenvalue weighted by molar-refractivity contribution is 7.80. The minimum atomic E-state index is 0.0326. The van der Waals surface area contributed by atoms with E-state index in [1.165, 1.54) is 0 Å². The topological polar surface area (TPSA) is 30.5 Å². The van der Waals surface area contributed by atoms with Gasteiger partial charge < -0.3 is 14.8 Å². The summed E-state index contributed by atoms with van der Waals surface area (Å²) in [6, 6.07) is 5.25. The maximum atomic E-state index is 5.88. The van der Waals surface area contributed by atoms with Crippen LogP contribution in [-0.2, 0) is 4.74 Å². The molecule has 0 aliphatic rings. The fraction of sp³-hybridized carbons (Fsp3) is 0.364. The van der Waals surface area contributed by atoms with E-state index in [0.717, 1.165) is 0 Å². The molecule has 0 aliphatic carbocycles. The lowest BCUT2D eigenvalue weighted by Crippen LogP contribution is -2.18. The molecule has 0 saturated carbocycles. The average molecular weight is 260 g/mol. The van der Waals surface area contributed by atoms with Crippen LogP contribution in [0.4, 0.5) is 5.69 Å². The van der Waals surface area contributed by atoms with Gasteiger partial charge in [-0.25, -0.2) is 0 Å². The molecule has 16 heavy (non-hydrogen) atoms. The second-order valence-electron chi connectivity index (χ2n) is 3.42. The highest BCUT2D eigenvalue weighted by Crippen LogP contribution is 2.27. The normalized spacial score (nSPS) is 10.1. The van der Waals surface area contributed by atoms with E-state index in [9.17, 15) is 0 Å². The lowest BCUT2D eigenvalue weighted by Gasteiger charge is -2.14. The van der Waals surface area contributed by atoms with E-state index in [4.69, 9.17) is 33.3 Å². The Hall–Kier alpha value is -1.00. The van der Waals surface area contributed by atoms with Crippen molar-refractivity contribution in [2.45, 2.75) is 20.0 Å². The van der Waals surface area contributed by atoms with Gasteiger partial charge in [0, 0.05) is 5.02 Å². The van der Waals surface area contributed by atoms with Crippen LogP contribution in [0.5, 0.6) is 5.75 Å². The van der Waals surface area contributed by atoms with Crippen molar-refractivity contribution < 1.29 is 9.47 Å². The fourth-order valence-electron chi connectivity index (χ4n) is 1.13. The molecule has 0 amide bonds. The van der Waals surface area contributed by atoms with Gasteiger partial charge in [0.1, 0.15) is 5.75 Å². The summed E-state index contributed by atoms with van der Waals surface area (Å²) in [6.07, 6.45) is 0.0326. The number of benzene rings is 1. The Kier molecular flexibility index (Phi) is 4.83. The molecule has 0 aliphatic heterocycles. The predicted octanol–water partition coefficient (Wildman–Crippen LogP) is 3.47. The van der Waals surface area contributed by atoms with E-state index in [1.807, 2.05) is 13.8 Å². The van der Waals surface area contributed by atoms with Crippen LogP contribution in [0.15, 0.2) is 18.2 Å². The van der Waals surface area contributed by atoms with Crippen molar-refractivity contribution in [3.63, 3.8) is 0 Å². The third kappa shape index (κ3) is 3.87. The Balaban J connectivity index is 2.79. The number of nitrogens with one attached hydrogen (secondary N) is 1. The first-order chi connectivity index (χ1) is 7.52. The molecule has 1 N–H and O–H groups in total. The summed E-state index contributed by atoms with van der Waals surface area (Å²) in [7, 11) is 1.58. The highest BCUT2D eigenvalue weighted by atomic mass is 35.5. The fourth-order valence-corrected chi connectivity index (χ4v) is 1.61. The molecule has 0 saturated heterocycles. The number of thiocarbonyl (C=S) groups is 1. The maximum absolute atomic E-state index is 5.88. The zero-order valence-electron chi connectivity index (χ0n) is 9.41. The van der Waals surface area contributed by atoms with Gasteiger partial charge in [0.25, 0.3) is 5.17 Å². The molecule has 1 rings (SSSR count). The molecule has 3 nitrogen and oxygen atoms in total. The van der Waals surface area contributed by atoms with E-state index in [-0.39, 0.29) is 6.10 Å². The summed E-state index contributed by atoms with van der Waals surface area (Å²) in [5.41, 5.74) is 0.695. The van der Waals surface area contributed by atoms with Crippen molar-refractivity contribution in [1.29, 1.82) is 0 Å². The Morgan fingerprint density at radius 3 is 2.69 bits per heavy atom. The molecule has 0 fully saturated rings. The Bertz CT molecular complexity index is 382. The summed E-state index contributed by atoms with van der Waals surface area (Å²) in [6.45, 7) is 3.81. The van der Waals surface area contributed by atoms with Gasteiger partial charge in [-0.3, -0.25) is 0 Å². The minimum Gasteiger partial charge on any atom is -0.495 e. The summed E-state index contributed by atoms with van der Waals surface area (Å²) < 4.78 is 10.5. The summed E-state index contributed by atoms with van der Waals surface area (Å²) in [5.74, 6) is 0.666. The van der Waals surface area contributed by atoms with E-state index < -0.39 is 0 Å². The number of ether oxygens (including phenoxy) is 2. The molecule has 1 aromatic carbocycles. The van der Waals surface area contributed by atoms with Crippen molar-refractivity contribution in [3.8, 4) is 5.75 Å². The smallest absolute Gasteiger partial charge is 0.261 e. The molecule has 5 heteroatoms. The molecule has 88 valence electrons. The molecule has 0 atom stereocenters. The van der Waals surface area contributed by atoms with Crippen LogP contribution in [0.2, 0.25) is 5.02 Å². The molecule has 0 heterocycles. The zero-order valence-corrected chi connectivity index (χ0v) is 11.0. The second-order valence-corrected chi connectivity index (χ2v) is 4.23. The van der Waals surface area contributed by atoms with Gasteiger partial charge in [-0.05, 0) is 44.3 Å². The van der Waals surface area contributed by atoms with Crippen molar-refractivity contribution in [3.05, 3.63) is 23.2 Å². The van der Waals surface area contributed by atoms with Gasteiger partial charge in [-0.2, -0.15) is 0 Å². The number of methoxy groups -OCH3 is 1. The van der Waals surface area contributed by atoms with Crippen LogP contribution in [-0.4, -0.2) is 18.4 Å². The first-order valence-electron chi connectivity index (χ1n) is 4.84. The molecule has 0 unspecified atom stereocenters. The van der Waals surface area contributed by atoms with Crippen molar-refractivity contribution in [2.24, 2.45) is 0 Å². The van der Waals surface area contributed by atoms with Gasteiger partial charge in [0.2, 0.25) is 0 Å². The average Bonchev–Trinajstić information content (AvgIpc) is 2.16. The van der Waals surface area contributed by atoms with Crippen LogP contribution < -0.4 is 10.1 Å². The molecule has 0 bridgehead atoms. The Morgan fingerprint density at radius 2 is 2.12 bits per heavy atom. The van der Waals surface area contributed by atoms with Crippen LogP contribution >= 0.6 is 23.8 Å². The summed E-state index contributed by atoms with van der Waals surface area (Å²) in [5, 5.41) is 3.84. The van der Waals surface area contributed by atoms with Crippen molar-refractivity contribution in [2.75, 3.05) is 12.4 Å². The first kappa shape index (κ1) is 13.1. The van der Waals surface area contributed by atoms with Crippen LogP contribution in [0.3, 0.4) is 0 Å². The number of halogens is 1. The maximum Gasteiger partial charge on any atom is 0.261 e. The third-order valence-electron chi connectivity index (χ3n) is 1.74. The molecular weight excluding hydrogens is 246 g/mol. The monoisotopic (exact) mass is 259 g/mol. The van der Waals surface area contributed by atoms with Gasteiger partial charge in [-0.15, -0.1) is 0 Å². The molecule has 1 aromatic rings. The quantitative estimate of drug-likeness (QED) is 0.842. The van der Waals surface area contributed by atoms with Crippen LogP contribution in [0.1, 0.15) is 13.8 Å². The number of hydrogen-bond donors (Lipinski definition) is 1. The largest absolute Gasteiger partial charge is 0.495 e. The lowest BCUT2D eigenvalue weighted by atomic mass is 10.3. The van der Waals surface area contributed by atoms with Gasteiger partial charge >= 0.3 is 0 Å². The molecule has 0 spiro atoms. The van der Waals surface area contributed by atoms with Gasteiger partial charge in [0.15, 0.2) is 0 Å². The molecular formula is C11H14ClNO2S. The van der Waals surface area contributed by atoms with Crippen molar-refractivity contribution >= 4 is 34.7 Å². The van der Waals surface area contributed by atoms with E-state index >= 15 is 0 Å². The van der Waals surface area contributed by atoms with Crippen LogP contribution in [0, 0.1) is 0 Å². The predicted molar refractivity (Wildman–Crippen MR) is 70.4 cm³/mol. The second kappa shape index (κ2) is 5.92. The van der Waals surface area contributed by atoms with Gasteiger partial charge in [0.05, 0.1) is 18.9 Å². The SMILES string of the molecule is COc1ccc(Cl)cc1NC(=S)OC(C)C. The minimum absolute atomic E-state index is 0.0326. The zero-order chi connectivity index (χ0) is 12.1. The number of hydrogen-bond acceptors (Lipinski definition) is 3. The van der Waals surface area contributed by atoms with E-state index in [1.54, 1.807) is 25.3 Å². The summed E-state index contributed by atoms with van der Waals surface area (Å²) >= 11 is 10.9. The Labute approximate surface area is 106 Å². The first-order valence-corrected chi connectivity index (χ1v) is 5.62.